The minimum absolute atomic E-state index is 0.574. The average molecular weight is 197 g/mol. The fraction of sp³-hybridized carbons (Fsp3) is 0.833. The largest absolute Gasteiger partial charge is 0.381 e. The summed E-state index contributed by atoms with van der Waals surface area (Å²) in [6.07, 6.45) is 4.75. The number of nitrogens with one attached hydrogen (secondary N) is 1. The van der Waals surface area contributed by atoms with Gasteiger partial charge in [0, 0.05) is 25.1 Å². The van der Waals surface area contributed by atoms with Crippen LogP contribution < -0.4 is 5.32 Å². The second-order valence-corrected chi connectivity index (χ2v) is 4.34. The Bertz CT molecular complexity index is 181. The molecule has 0 amide bonds. The first-order valence-electron chi connectivity index (χ1n) is 5.73. The van der Waals surface area contributed by atoms with Gasteiger partial charge in [0.2, 0.25) is 0 Å². The summed E-state index contributed by atoms with van der Waals surface area (Å²) in [6.45, 7) is 9.49. The Morgan fingerprint density at radius 3 is 2.86 bits per heavy atom. The van der Waals surface area contributed by atoms with Crippen molar-refractivity contribution in [1.29, 1.82) is 0 Å². The Morgan fingerprint density at radius 1 is 1.57 bits per heavy atom. The van der Waals surface area contributed by atoms with Crippen LogP contribution in [-0.2, 0) is 4.74 Å². The molecule has 0 radical (unpaired) electrons. The minimum Gasteiger partial charge on any atom is -0.381 e. The van der Waals surface area contributed by atoms with Crippen LogP contribution >= 0.6 is 0 Å². The quantitative estimate of drug-likeness (QED) is 0.683. The molecule has 0 aromatic heterocycles. The number of hydrogen-bond donors (Lipinski definition) is 1. The summed E-state index contributed by atoms with van der Waals surface area (Å²) in [5, 5.41) is 3.46. The van der Waals surface area contributed by atoms with Crippen molar-refractivity contribution in [3.05, 3.63) is 11.6 Å². The van der Waals surface area contributed by atoms with E-state index in [4.69, 9.17) is 4.74 Å². The monoisotopic (exact) mass is 197 g/mol. The SMILES string of the molecule is CCC(=CC1CCOC1)CNC(C)C. The van der Waals surface area contributed by atoms with Crippen LogP contribution in [0.1, 0.15) is 33.6 Å². The summed E-state index contributed by atoms with van der Waals surface area (Å²) in [7, 11) is 0. The maximum absolute atomic E-state index is 5.36. The van der Waals surface area contributed by atoms with Gasteiger partial charge in [0.1, 0.15) is 0 Å². The molecule has 1 rings (SSSR count). The predicted octanol–water partition coefficient (Wildman–Crippen LogP) is 2.36. The lowest BCUT2D eigenvalue weighted by Crippen LogP contribution is -2.25. The zero-order valence-electron chi connectivity index (χ0n) is 9.68. The van der Waals surface area contributed by atoms with Gasteiger partial charge in [0.05, 0.1) is 6.61 Å². The molecule has 0 spiro atoms. The van der Waals surface area contributed by atoms with E-state index in [1.807, 2.05) is 0 Å². The van der Waals surface area contributed by atoms with Crippen LogP contribution in [0.5, 0.6) is 0 Å². The van der Waals surface area contributed by atoms with E-state index in [9.17, 15) is 0 Å². The van der Waals surface area contributed by atoms with E-state index in [-0.39, 0.29) is 0 Å². The molecule has 1 unspecified atom stereocenters. The summed E-state index contributed by atoms with van der Waals surface area (Å²) >= 11 is 0. The smallest absolute Gasteiger partial charge is 0.0529 e. The van der Waals surface area contributed by atoms with Gasteiger partial charge in [0.25, 0.3) is 0 Å². The number of hydrogen-bond acceptors (Lipinski definition) is 2. The van der Waals surface area contributed by atoms with Crippen molar-refractivity contribution in [1.82, 2.24) is 5.32 Å². The molecule has 0 aromatic carbocycles. The van der Waals surface area contributed by atoms with E-state index in [0.29, 0.717) is 12.0 Å². The van der Waals surface area contributed by atoms with Crippen LogP contribution in [0.4, 0.5) is 0 Å². The first kappa shape index (κ1) is 11.7. The third-order valence-electron chi connectivity index (χ3n) is 2.63. The molecule has 0 aliphatic carbocycles. The minimum atomic E-state index is 0.574. The molecule has 1 N–H and O–H groups in total. The summed E-state index contributed by atoms with van der Waals surface area (Å²) in [4.78, 5) is 0. The van der Waals surface area contributed by atoms with Crippen LogP contribution in [0, 0.1) is 5.92 Å². The van der Waals surface area contributed by atoms with Gasteiger partial charge in [-0.25, -0.2) is 0 Å². The highest BCUT2D eigenvalue weighted by atomic mass is 16.5. The molecule has 0 saturated carbocycles. The molecular weight excluding hydrogens is 174 g/mol. The van der Waals surface area contributed by atoms with Gasteiger partial charge in [0.15, 0.2) is 0 Å². The molecule has 1 aliphatic heterocycles. The van der Waals surface area contributed by atoms with E-state index in [1.54, 1.807) is 0 Å². The molecule has 14 heavy (non-hydrogen) atoms. The van der Waals surface area contributed by atoms with Crippen LogP contribution in [0.15, 0.2) is 11.6 Å². The van der Waals surface area contributed by atoms with Crippen molar-refractivity contribution in [2.75, 3.05) is 19.8 Å². The summed E-state index contributed by atoms with van der Waals surface area (Å²) in [6, 6.07) is 0.574. The van der Waals surface area contributed by atoms with Crippen molar-refractivity contribution in [2.45, 2.75) is 39.7 Å². The molecule has 82 valence electrons. The second kappa shape index (κ2) is 6.20. The molecule has 1 saturated heterocycles. The van der Waals surface area contributed by atoms with Gasteiger partial charge in [-0.1, -0.05) is 32.4 Å². The molecule has 1 atom stereocenters. The van der Waals surface area contributed by atoms with Gasteiger partial charge in [-0.05, 0) is 12.8 Å². The first-order chi connectivity index (χ1) is 6.72. The zero-order valence-corrected chi connectivity index (χ0v) is 9.68. The molecule has 1 fully saturated rings. The van der Waals surface area contributed by atoms with E-state index >= 15 is 0 Å². The van der Waals surface area contributed by atoms with Gasteiger partial charge < -0.3 is 10.1 Å². The highest BCUT2D eigenvalue weighted by Crippen LogP contribution is 2.16. The van der Waals surface area contributed by atoms with Gasteiger partial charge >= 0.3 is 0 Å². The van der Waals surface area contributed by atoms with Crippen molar-refractivity contribution < 1.29 is 4.74 Å². The Labute approximate surface area is 87.7 Å². The topological polar surface area (TPSA) is 21.3 Å². The lowest BCUT2D eigenvalue weighted by Gasteiger charge is -2.11. The van der Waals surface area contributed by atoms with Gasteiger partial charge in [-0.15, -0.1) is 0 Å². The fourth-order valence-electron chi connectivity index (χ4n) is 1.65. The maximum atomic E-state index is 5.36. The van der Waals surface area contributed by atoms with Crippen molar-refractivity contribution in [3.63, 3.8) is 0 Å². The van der Waals surface area contributed by atoms with Crippen molar-refractivity contribution in [2.24, 2.45) is 5.92 Å². The maximum Gasteiger partial charge on any atom is 0.0529 e. The molecule has 2 heteroatoms. The van der Waals surface area contributed by atoms with E-state index in [1.165, 1.54) is 12.0 Å². The van der Waals surface area contributed by atoms with E-state index < -0.39 is 0 Å². The van der Waals surface area contributed by atoms with Crippen LogP contribution in [-0.4, -0.2) is 25.8 Å². The standard InChI is InChI=1S/C12H23NO/c1-4-11(8-13-10(2)3)7-12-5-6-14-9-12/h7,10,12-13H,4-6,8-9H2,1-3H3. The molecule has 1 aliphatic rings. The van der Waals surface area contributed by atoms with Crippen LogP contribution in [0.25, 0.3) is 0 Å². The molecule has 0 aromatic rings. The Morgan fingerprint density at radius 2 is 2.36 bits per heavy atom. The summed E-state index contributed by atoms with van der Waals surface area (Å²) < 4.78 is 5.36. The van der Waals surface area contributed by atoms with Gasteiger partial charge in [-0.3, -0.25) is 0 Å². The number of ether oxygens (including phenoxy) is 1. The lowest BCUT2D eigenvalue weighted by molar-refractivity contribution is 0.191. The third-order valence-corrected chi connectivity index (χ3v) is 2.63. The highest BCUT2D eigenvalue weighted by Gasteiger charge is 2.13. The predicted molar refractivity (Wildman–Crippen MR) is 60.4 cm³/mol. The van der Waals surface area contributed by atoms with E-state index in [2.05, 4.69) is 32.2 Å². The average Bonchev–Trinajstić information content (AvgIpc) is 2.64. The summed E-state index contributed by atoms with van der Waals surface area (Å²) in [5.74, 6) is 0.666. The molecular formula is C12H23NO. The van der Waals surface area contributed by atoms with Crippen molar-refractivity contribution >= 4 is 0 Å². The van der Waals surface area contributed by atoms with Crippen LogP contribution in [0.3, 0.4) is 0 Å². The van der Waals surface area contributed by atoms with Crippen LogP contribution in [0.2, 0.25) is 0 Å². The van der Waals surface area contributed by atoms with E-state index in [0.717, 1.165) is 26.2 Å². The third kappa shape index (κ3) is 4.25. The Balaban J connectivity index is 2.35. The Kier molecular flexibility index (Phi) is 5.20. The normalized spacial score (nSPS) is 23.4. The molecule has 0 bridgehead atoms. The Hall–Kier alpha value is -0.340. The summed E-state index contributed by atoms with van der Waals surface area (Å²) in [5.41, 5.74) is 1.52. The zero-order chi connectivity index (χ0) is 10.4. The van der Waals surface area contributed by atoms with Crippen molar-refractivity contribution in [3.8, 4) is 0 Å². The molecule has 1 heterocycles. The second-order valence-electron chi connectivity index (χ2n) is 4.34. The highest BCUT2D eigenvalue weighted by molar-refractivity contribution is 5.06. The van der Waals surface area contributed by atoms with Gasteiger partial charge in [-0.2, -0.15) is 0 Å². The number of rotatable bonds is 5. The first-order valence-corrected chi connectivity index (χ1v) is 5.73. The fourth-order valence-corrected chi connectivity index (χ4v) is 1.65. The molecule has 2 nitrogen and oxygen atoms in total. The lowest BCUT2D eigenvalue weighted by atomic mass is 10.0.